The molecule has 4 heteroatoms. The fourth-order valence-corrected chi connectivity index (χ4v) is 2.73. The number of Topliss-reactive ketones (excluding diaryl/α,β-unsaturated/α-hetero) is 1. The molecule has 0 amide bonds. The molecule has 2 unspecified atom stereocenters. The third-order valence-corrected chi connectivity index (χ3v) is 3.58. The molecule has 1 saturated heterocycles. The average molecular weight is 261 g/mol. The van der Waals surface area contributed by atoms with Crippen LogP contribution in [0.4, 0.5) is 11.4 Å². The Labute approximate surface area is 115 Å². The minimum atomic E-state index is 0.103. The molecule has 104 valence electrons. The van der Waals surface area contributed by atoms with Crippen LogP contribution < -0.4 is 16.0 Å². The molecule has 4 nitrogen and oxygen atoms in total. The summed E-state index contributed by atoms with van der Waals surface area (Å²) in [6, 6.07) is 6.70. The molecule has 19 heavy (non-hydrogen) atoms. The SMILES string of the molecule is CCC(=O)c1ccc(N2CC(C)NC(C)C2)cc1N. The fourth-order valence-electron chi connectivity index (χ4n) is 2.73. The van der Waals surface area contributed by atoms with Gasteiger partial charge in [-0.1, -0.05) is 6.92 Å². The Morgan fingerprint density at radius 1 is 1.37 bits per heavy atom. The molecule has 1 aromatic rings. The number of rotatable bonds is 3. The molecule has 2 rings (SSSR count). The first-order chi connectivity index (χ1) is 9.01. The number of nitrogens with zero attached hydrogens (tertiary/aromatic N) is 1. The molecule has 0 bridgehead atoms. The largest absolute Gasteiger partial charge is 0.398 e. The highest BCUT2D eigenvalue weighted by atomic mass is 16.1. The van der Waals surface area contributed by atoms with Gasteiger partial charge in [0.15, 0.2) is 5.78 Å². The number of ketones is 1. The number of nitrogens with two attached hydrogens (primary N) is 1. The second-order valence-corrected chi connectivity index (χ2v) is 5.42. The Morgan fingerprint density at radius 3 is 2.53 bits per heavy atom. The maximum atomic E-state index is 11.7. The van der Waals surface area contributed by atoms with Crippen LogP contribution in [0, 0.1) is 0 Å². The summed E-state index contributed by atoms with van der Waals surface area (Å²) in [4.78, 5) is 14.0. The van der Waals surface area contributed by atoms with Gasteiger partial charge in [0.25, 0.3) is 0 Å². The molecule has 0 saturated carbocycles. The molecule has 0 aliphatic carbocycles. The van der Waals surface area contributed by atoms with Gasteiger partial charge >= 0.3 is 0 Å². The Kier molecular flexibility index (Phi) is 4.10. The van der Waals surface area contributed by atoms with E-state index < -0.39 is 0 Å². The van der Waals surface area contributed by atoms with Gasteiger partial charge in [0.2, 0.25) is 0 Å². The van der Waals surface area contributed by atoms with E-state index in [1.54, 1.807) is 0 Å². The van der Waals surface area contributed by atoms with Crippen molar-refractivity contribution in [2.45, 2.75) is 39.3 Å². The predicted molar refractivity (Wildman–Crippen MR) is 79.7 cm³/mol. The molecule has 2 atom stereocenters. The molecular weight excluding hydrogens is 238 g/mol. The molecule has 1 aliphatic heterocycles. The number of carbonyl (C=O) groups is 1. The Morgan fingerprint density at radius 2 is 2.00 bits per heavy atom. The average Bonchev–Trinajstić information content (AvgIpc) is 2.36. The number of carbonyl (C=O) groups excluding carboxylic acids is 1. The molecule has 0 aromatic heterocycles. The van der Waals surface area contributed by atoms with Crippen LogP contribution >= 0.6 is 0 Å². The summed E-state index contributed by atoms with van der Waals surface area (Å²) in [5, 5.41) is 3.51. The van der Waals surface area contributed by atoms with E-state index in [1.807, 2.05) is 25.1 Å². The quantitative estimate of drug-likeness (QED) is 0.646. The van der Waals surface area contributed by atoms with Gasteiger partial charge in [0.1, 0.15) is 0 Å². The van der Waals surface area contributed by atoms with Gasteiger partial charge in [-0.3, -0.25) is 4.79 Å². The number of hydrogen-bond acceptors (Lipinski definition) is 4. The smallest absolute Gasteiger partial charge is 0.164 e. The minimum Gasteiger partial charge on any atom is -0.398 e. The molecular formula is C15H23N3O. The lowest BCUT2D eigenvalue weighted by molar-refractivity contribution is 0.0989. The zero-order valence-electron chi connectivity index (χ0n) is 11.9. The van der Waals surface area contributed by atoms with Crippen LogP contribution in [0.1, 0.15) is 37.6 Å². The number of piperazine rings is 1. The first-order valence-electron chi connectivity index (χ1n) is 6.95. The van der Waals surface area contributed by atoms with Gasteiger partial charge < -0.3 is 16.0 Å². The van der Waals surface area contributed by atoms with E-state index >= 15 is 0 Å². The van der Waals surface area contributed by atoms with Gasteiger partial charge in [0, 0.05) is 48.5 Å². The summed E-state index contributed by atoms with van der Waals surface area (Å²) >= 11 is 0. The third kappa shape index (κ3) is 3.07. The first kappa shape index (κ1) is 13.9. The van der Waals surface area contributed by atoms with Crippen LogP contribution in [0.5, 0.6) is 0 Å². The van der Waals surface area contributed by atoms with Crippen LogP contribution in [0.3, 0.4) is 0 Å². The van der Waals surface area contributed by atoms with E-state index in [4.69, 9.17) is 5.73 Å². The molecule has 1 heterocycles. The minimum absolute atomic E-state index is 0.103. The highest BCUT2D eigenvalue weighted by molar-refractivity contribution is 6.01. The van der Waals surface area contributed by atoms with Gasteiger partial charge in [-0.25, -0.2) is 0 Å². The van der Waals surface area contributed by atoms with Crippen LogP contribution in [-0.4, -0.2) is 31.0 Å². The summed E-state index contributed by atoms with van der Waals surface area (Å²) in [6.45, 7) is 8.15. The third-order valence-electron chi connectivity index (χ3n) is 3.58. The van der Waals surface area contributed by atoms with Gasteiger partial charge in [0.05, 0.1) is 0 Å². The van der Waals surface area contributed by atoms with Crippen molar-refractivity contribution in [3.05, 3.63) is 23.8 Å². The van der Waals surface area contributed by atoms with Crippen molar-refractivity contribution < 1.29 is 4.79 Å². The second kappa shape index (κ2) is 5.61. The molecule has 1 fully saturated rings. The summed E-state index contributed by atoms with van der Waals surface area (Å²) in [7, 11) is 0. The van der Waals surface area contributed by atoms with Crippen molar-refractivity contribution in [2.75, 3.05) is 23.7 Å². The fraction of sp³-hybridized carbons (Fsp3) is 0.533. The van der Waals surface area contributed by atoms with Crippen molar-refractivity contribution in [1.29, 1.82) is 0 Å². The number of nitrogens with one attached hydrogen (secondary N) is 1. The van der Waals surface area contributed by atoms with Crippen molar-refractivity contribution in [2.24, 2.45) is 0 Å². The van der Waals surface area contributed by atoms with Gasteiger partial charge in [-0.2, -0.15) is 0 Å². The molecule has 1 aromatic carbocycles. The number of hydrogen-bond donors (Lipinski definition) is 2. The van der Waals surface area contributed by atoms with E-state index in [-0.39, 0.29) is 5.78 Å². The lowest BCUT2D eigenvalue weighted by Gasteiger charge is -2.37. The first-order valence-corrected chi connectivity index (χ1v) is 6.95. The Bertz CT molecular complexity index is 462. The van der Waals surface area contributed by atoms with Crippen LogP contribution in [-0.2, 0) is 0 Å². The number of nitrogen functional groups attached to an aromatic ring is 1. The summed E-state index contributed by atoms with van der Waals surface area (Å²) in [5.74, 6) is 0.103. The van der Waals surface area contributed by atoms with Crippen LogP contribution in [0.15, 0.2) is 18.2 Å². The zero-order chi connectivity index (χ0) is 14.0. The normalized spacial score (nSPS) is 23.4. The molecule has 1 aliphatic rings. The maximum absolute atomic E-state index is 11.7. The summed E-state index contributed by atoms with van der Waals surface area (Å²) < 4.78 is 0. The van der Waals surface area contributed by atoms with E-state index in [2.05, 4.69) is 24.1 Å². The predicted octanol–water partition coefficient (Wildman–Crippen LogP) is 2.05. The Hall–Kier alpha value is -1.55. The molecule has 0 spiro atoms. The summed E-state index contributed by atoms with van der Waals surface area (Å²) in [5.41, 5.74) is 8.34. The highest BCUT2D eigenvalue weighted by Gasteiger charge is 2.21. The van der Waals surface area contributed by atoms with Crippen molar-refractivity contribution >= 4 is 17.2 Å². The Balaban J connectivity index is 2.22. The second-order valence-electron chi connectivity index (χ2n) is 5.42. The monoisotopic (exact) mass is 261 g/mol. The van der Waals surface area contributed by atoms with Crippen LogP contribution in [0.25, 0.3) is 0 Å². The zero-order valence-corrected chi connectivity index (χ0v) is 11.9. The lowest BCUT2D eigenvalue weighted by Crippen LogP contribution is -2.54. The number of anilines is 2. The van der Waals surface area contributed by atoms with Crippen molar-refractivity contribution in [3.8, 4) is 0 Å². The standard InChI is InChI=1S/C15H23N3O/c1-4-15(19)13-6-5-12(7-14(13)16)18-8-10(2)17-11(3)9-18/h5-7,10-11,17H,4,8-9,16H2,1-3H3. The van der Waals surface area contributed by atoms with E-state index in [1.165, 1.54) is 0 Å². The maximum Gasteiger partial charge on any atom is 0.164 e. The van der Waals surface area contributed by atoms with Crippen molar-refractivity contribution in [3.63, 3.8) is 0 Å². The van der Waals surface area contributed by atoms with E-state index in [0.717, 1.165) is 18.8 Å². The lowest BCUT2D eigenvalue weighted by atomic mass is 10.0. The van der Waals surface area contributed by atoms with Gasteiger partial charge in [-0.15, -0.1) is 0 Å². The summed E-state index contributed by atoms with van der Waals surface area (Å²) in [6.07, 6.45) is 0.491. The highest BCUT2D eigenvalue weighted by Crippen LogP contribution is 2.24. The van der Waals surface area contributed by atoms with E-state index in [0.29, 0.717) is 29.8 Å². The van der Waals surface area contributed by atoms with E-state index in [9.17, 15) is 4.79 Å². The van der Waals surface area contributed by atoms with Crippen LogP contribution in [0.2, 0.25) is 0 Å². The number of benzene rings is 1. The molecule has 0 radical (unpaired) electrons. The topological polar surface area (TPSA) is 58.4 Å². The molecule has 3 N–H and O–H groups in total. The van der Waals surface area contributed by atoms with Gasteiger partial charge in [-0.05, 0) is 32.0 Å². The van der Waals surface area contributed by atoms with Crippen molar-refractivity contribution in [1.82, 2.24) is 5.32 Å².